The highest BCUT2D eigenvalue weighted by atomic mass is 19.4. The SMILES string of the molecule is O=C1CNCc2c1c(Nc1ccccc1)c(-c1ccncc1)n2OC(=O)C(F)(F)F. The normalized spacial score (nSPS) is 13.6. The van der Waals surface area contributed by atoms with Crippen molar-refractivity contribution < 1.29 is 27.6 Å². The Labute approximate surface area is 168 Å². The highest BCUT2D eigenvalue weighted by molar-refractivity contribution is 6.08. The number of ketones is 1. The number of carbonyl (C=O) groups excluding carboxylic acids is 2. The Bertz CT molecular complexity index is 1100. The van der Waals surface area contributed by atoms with Gasteiger partial charge in [-0.3, -0.25) is 9.78 Å². The summed E-state index contributed by atoms with van der Waals surface area (Å²) in [5, 5.41) is 5.92. The molecule has 154 valence electrons. The summed E-state index contributed by atoms with van der Waals surface area (Å²) in [6, 6.07) is 11.9. The fourth-order valence-electron chi connectivity index (χ4n) is 3.24. The fourth-order valence-corrected chi connectivity index (χ4v) is 3.24. The molecule has 0 aliphatic carbocycles. The first-order valence-corrected chi connectivity index (χ1v) is 8.89. The van der Waals surface area contributed by atoms with E-state index in [1.165, 1.54) is 12.4 Å². The Morgan fingerprint density at radius 3 is 2.47 bits per heavy atom. The largest absolute Gasteiger partial charge is 0.493 e. The fraction of sp³-hybridized carbons (Fsp3) is 0.150. The molecule has 1 aromatic carbocycles. The van der Waals surface area contributed by atoms with E-state index in [1.807, 2.05) is 0 Å². The predicted octanol–water partition coefficient (Wildman–Crippen LogP) is 3.10. The van der Waals surface area contributed by atoms with Gasteiger partial charge < -0.3 is 15.5 Å². The molecule has 2 aromatic heterocycles. The topological polar surface area (TPSA) is 85.2 Å². The van der Waals surface area contributed by atoms with Crippen molar-refractivity contribution in [2.75, 3.05) is 11.9 Å². The van der Waals surface area contributed by atoms with Crippen molar-refractivity contribution in [2.45, 2.75) is 12.7 Å². The van der Waals surface area contributed by atoms with Gasteiger partial charge in [-0.05, 0) is 24.3 Å². The third-order valence-corrected chi connectivity index (χ3v) is 4.48. The van der Waals surface area contributed by atoms with Gasteiger partial charge in [0.15, 0.2) is 5.78 Å². The first-order chi connectivity index (χ1) is 14.4. The maximum atomic E-state index is 12.9. The van der Waals surface area contributed by atoms with Gasteiger partial charge in [-0.15, -0.1) is 0 Å². The third-order valence-electron chi connectivity index (χ3n) is 4.48. The first-order valence-electron chi connectivity index (χ1n) is 8.89. The number of pyridine rings is 1. The number of carbonyl (C=O) groups is 2. The minimum Gasteiger partial charge on any atom is -0.353 e. The second kappa shape index (κ2) is 7.64. The van der Waals surface area contributed by atoms with E-state index in [4.69, 9.17) is 4.84 Å². The molecule has 1 aliphatic heterocycles. The molecule has 0 atom stereocenters. The van der Waals surface area contributed by atoms with Gasteiger partial charge in [-0.2, -0.15) is 17.9 Å². The molecular formula is C20H15F3N4O3. The summed E-state index contributed by atoms with van der Waals surface area (Å²) in [6.07, 6.45) is -2.31. The lowest BCUT2D eigenvalue weighted by atomic mass is 10.0. The summed E-state index contributed by atoms with van der Waals surface area (Å²) in [5.74, 6) is -2.73. The van der Waals surface area contributed by atoms with E-state index in [0.29, 0.717) is 11.3 Å². The lowest BCUT2D eigenvalue weighted by Crippen LogP contribution is -2.37. The van der Waals surface area contributed by atoms with Crippen molar-refractivity contribution in [2.24, 2.45) is 0 Å². The van der Waals surface area contributed by atoms with E-state index in [2.05, 4.69) is 15.6 Å². The number of anilines is 2. The number of para-hydroxylation sites is 1. The number of alkyl halides is 3. The molecule has 0 unspecified atom stereocenters. The average Bonchev–Trinajstić information content (AvgIpc) is 3.03. The molecule has 30 heavy (non-hydrogen) atoms. The van der Waals surface area contributed by atoms with Gasteiger partial charge in [0.05, 0.1) is 23.5 Å². The standard InChI is InChI=1S/C20H15F3N4O3/c21-20(22,23)19(29)30-27-14-10-25-11-15(28)16(14)17(26-13-4-2-1-3-5-13)18(27)12-6-8-24-9-7-12/h1-9,25-26H,10-11H2. The molecular weight excluding hydrogens is 401 g/mol. The minimum absolute atomic E-state index is 0.00346. The molecule has 0 fully saturated rings. The summed E-state index contributed by atoms with van der Waals surface area (Å²) in [7, 11) is 0. The van der Waals surface area contributed by atoms with Crippen molar-refractivity contribution in [1.82, 2.24) is 15.0 Å². The van der Waals surface area contributed by atoms with Gasteiger partial charge in [0.2, 0.25) is 0 Å². The first kappa shape index (κ1) is 19.6. The highest BCUT2D eigenvalue weighted by Crippen LogP contribution is 2.39. The van der Waals surface area contributed by atoms with Crippen LogP contribution in [0.15, 0.2) is 54.9 Å². The monoisotopic (exact) mass is 416 g/mol. The molecule has 7 nitrogen and oxygen atoms in total. The van der Waals surface area contributed by atoms with Crippen LogP contribution >= 0.6 is 0 Å². The molecule has 3 aromatic rings. The number of hydrogen-bond acceptors (Lipinski definition) is 6. The van der Waals surface area contributed by atoms with Crippen LogP contribution in [-0.2, 0) is 11.3 Å². The maximum absolute atomic E-state index is 12.9. The van der Waals surface area contributed by atoms with E-state index < -0.39 is 12.1 Å². The predicted molar refractivity (Wildman–Crippen MR) is 101 cm³/mol. The molecule has 0 saturated carbocycles. The van der Waals surface area contributed by atoms with E-state index >= 15 is 0 Å². The zero-order chi connectivity index (χ0) is 21.3. The van der Waals surface area contributed by atoms with Gasteiger partial charge in [-0.25, -0.2) is 4.79 Å². The van der Waals surface area contributed by atoms with Gasteiger partial charge in [0, 0.05) is 30.2 Å². The number of aromatic nitrogens is 2. The zero-order valence-corrected chi connectivity index (χ0v) is 15.4. The molecule has 1 aliphatic rings. The number of nitrogens with one attached hydrogen (secondary N) is 2. The average molecular weight is 416 g/mol. The maximum Gasteiger partial charge on any atom is 0.493 e. The van der Waals surface area contributed by atoms with Gasteiger partial charge in [0.1, 0.15) is 5.69 Å². The van der Waals surface area contributed by atoms with Crippen LogP contribution in [0, 0.1) is 0 Å². The number of nitrogens with zero attached hydrogens (tertiary/aromatic N) is 2. The molecule has 0 bridgehead atoms. The summed E-state index contributed by atoms with van der Waals surface area (Å²) in [4.78, 5) is 33.0. The molecule has 4 rings (SSSR count). The van der Waals surface area contributed by atoms with Crippen LogP contribution in [0.4, 0.5) is 24.5 Å². The van der Waals surface area contributed by atoms with Crippen molar-refractivity contribution in [3.63, 3.8) is 0 Å². The number of Topliss-reactive ketones (excluding diaryl/α,β-unsaturated/α-hetero) is 1. The number of halogens is 3. The Hall–Kier alpha value is -3.66. The molecule has 0 radical (unpaired) electrons. The van der Waals surface area contributed by atoms with Crippen LogP contribution in [0.5, 0.6) is 0 Å². The van der Waals surface area contributed by atoms with Gasteiger partial charge >= 0.3 is 12.1 Å². The zero-order valence-electron chi connectivity index (χ0n) is 15.4. The van der Waals surface area contributed by atoms with Crippen molar-refractivity contribution in [1.29, 1.82) is 0 Å². The van der Waals surface area contributed by atoms with Crippen LogP contribution in [-0.4, -0.2) is 34.2 Å². The third kappa shape index (κ3) is 3.64. The van der Waals surface area contributed by atoms with Crippen LogP contribution in [0.25, 0.3) is 11.3 Å². The van der Waals surface area contributed by atoms with E-state index in [-0.39, 0.29) is 41.5 Å². The summed E-state index contributed by atoms with van der Waals surface area (Å²) < 4.78 is 39.6. The molecule has 10 heteroatoms. The number of fused-ring (bicyclic) bond motifs is 1. The lowest BCUT2D eigenvalue weighted by molar-refractivity contribution is -0.199. The Morgan fingerprint density at radius 2 is 1.80 bits per heavy atom. The Balaban J connectivity index is 1.95. The van der Waals surface area contributed by atoms with E-state index in [0.717, 1.165) is 4.73 Å². The van der Waals surface area contributed by atoms with Crippen molar-refractivity contribution in [3.05, 3.63) is 66.1 Å². The molecule has 0 amide bonds. The smallest absolute Gasteiger partial charge is 0.353 e. The number of hydrogen-bond donors (Lipinski definition) is 2. The molecule has 3 heterocycles. The summed E-state index contributed by atoms with van der Waals surface area (Å²) in [6.45, 7) is 0.0459. The van der Waals surface area contributed by atoms with Crippen molar-refractivity contribution >= 4 is 23.1 Å². The van der Waals surface area contributed by atoms with E-state index in [9.17, 15) is 22.8 Å². The van der Waals surface area contributed by atoms with Crippen molar-refractivity contribution in [3.8, 4) is 11.3 Å². The quantitative estimate of drug-likeness (QED) is 0.680. The highest BCUT2D eigenvalue weighted by Gasteiger charge is 2.43. The second-order valence-corrected chi connectivity index (χ2v) is 6.47. The Morgan fingerprint density at radius 1 is 1.10 bits per heavy atom. The number of rotatable bonds is 4. The summed E-state index contributed by atoms with van der Waals surface area (Å²) in [5.41, 5.74) is 1.68. The molecule has 0 spiro atoms. The van der Waals surface area contributed by atoms with Crippen LogP contribution in [0.1, 0.15) is 16.1 Å². The lowest BCUT2D eigenvalue weighted by Gasteiger charge is -2.17. The van der Waals surface area contributed by atoms with E-state index in [1.54, 1.807) is 42.5 Å². The summed E-state index contributed by atoms with van der Waals surface area (Å²) >= 11 is 0. The second-order valence-electron chi connectivity index (χ2n) is 6.47. The molecule has 2 N–H and O–H groups in total. The number of benzene rings is 1. The minimum atomic E-state index is -5.20. The van der Waals surface area contributed by atoms with Crippen LogP contribution < -0.4 is 15.5 Å². The Kier molecular flexibility index (Phi) is 5.00. The molecule has 0 saturated heterocycles. The van der Waals surface area contributed by atoms with Gasteiger partial charge in [0.25, 0.3) is 0 Å². The van der Waals surface area contributed by atoms with Crippen LogP contribution in [0.3, 0.4) is 0 Å². The van der Waals surface area contributed by atoms with Gasteiger partial charge in [-0.1, -0.05) is 18.2 Å². The van der Waals surface area contributed by atoms with Crippen LogP contribution in [0.2, 0.25) is 0 Å².